The number of rotatable bonds is 9. The Morgan fingerprint density at radius 2 is 1.76 bits per heavy atom. The van der Waals surface area contributed by atoms with Crippen LogP contribution < -0.4 is 0 Å². The number of hydrogen-bond donors (Lipinski definition) is 0. The van der Waals surface area contributed by atoms with Gasteiger partial charge in [-0.15, -0.1) is 0 Å². The van der Waals surface area contributed by atoms with Crippen molar-refractivity contribution in [3.63, 3.8) is 0 Å². The number of carbonyl (C=O) groups excluding carboxylic acids is 1. The van der Waals surface area contributed by atoms with Crippen molar-refractivity contribution in [3.8, 4) is 0 Å². The molecule has 0 radical (unpaired) electrons. The smallest absolute Gasteiger partial charge is 0.308 e. The van der Waals surface area contributed by atoms with E-state index >= 15 is 0 Å². The van der Waals surface area contributed by atoms with Crippen LogP contribution >= 0.6 is 0 Å². The van der Waals surface area contributed by atoms with Gasteiger partial charge in [-0.1, -0.05) is 44.2 Å². The first-order chi connectivity index (χ1) is 10.0. The highest BCUT2D eigenvalue weighted by atomic mass is 16.5. The molecule has 3 heteroatoms. The number of ether oxygens (including phenoxy) is 2. The van der Waals surface area contributed by atoms with E-state index in [1.54, 1.807) is 0 Å². The second-order valence-corrected chi connectivity index (χ2v) is 6.03. The molecule has 0 saturated heterocycles. The second-order valence-electron chi connectivity index (χ2n) is 6.03. The summed E-state index contributed by atoms with van der Waals surface area (Å²) in [5.74, 6) is 0.381. The molecule has 21 heavy (non-hydrogen) atoms. The molecule has 1 aromatic carbocycles. The van der Waals surface area contributed by atoms with Gasteiger partial charge in [0.2, 0.25) is 0 Å². The lowest BCUT2D eigenvalue weighted by atomic mass is 9.92. The maximum atomic E-state index is 11.8. The molecule has 0 N–H and O–H groups in total. The van der Waals surface area contributed by atoms with Crippen molar-refractivity contribution >= 4 is 5.97 Å². The van der Waals surface area contributed by atoms with Crippen molar-refractivity contribution in [2.75, 3.05) is 7.11 Å². The van der Waals surface area contributed by atoms with E-state index in [9.17, 15) is 4.79 Å². The topological polar surface area (TPSA) is 35.5 Å². The van der Waals surface area contributed by atoms with Crippen LogP contribution in [0.3, 0.4) is 0 Å². The minimum absolute atomic E-state index is 0.0159. The van der Waals surface area contributed by atoms with E-state index in [1.165, 1.54) is 12.7 Å². The van der Waals surface area contributed by atoms with Gasteiger partial charge in [0.25, 0.3) is 0 Å². The minimum atomic E-state index is -0.0982. The van der Waals surface area contributed by atoms with Crippen LogP contribution in [0, 0.1) is 11.8 Å². The fourth-order valence-electron chi connectivity index (χ4n) is 2.40. The normalized spacial score (nSPS) is 14.0. The molecular weight excluding hydrogens is 264 g/mol. The van der Waals surface area contributed by atoms with Crippen molar-refractivity contribution < 1.29 is 14.3 Å². The first-order valence-electron chi connectivity index (χ1n) is 7.76. The molecule has 0 bridgehead atoms. The summed E-state index contributed by atoms with van der Waals surface area (Å²) in [7, 11) is 1.46. The van der Waals surface area contributed by atoms with Crippen molar-refractivity contribution in [3.05, 3.63) is 35.9 Å². The number of hydrogen-bond acceptors (Lipinski definition) is 3. The highest BCUT2D eigenvalue weighted by molar-refractivity contribution is 5.72. The lowest BCUT2D eigenvalue weighted by molar-refractivity contribution is -0.146. The molecule has 2 atom stereocenters. The van der Waals surface area contributed by atoms with Gasteiger partial charge >= 0.3 is 5.97 Å². The van der Waals surface area contributed by atoms with Crippen molar-refractivity contribution in [1.82, 2.24) is 0 Å². The Hall–Kier alpha value is -1.35. The Labute approximate surface area is 128 Å². The SMILES string of the molecule is COC(=O)[C@H](CC[C@@H](C)OCc1ccccc1)CC(C)C. The molecule has 0 heterocycles. The molecule has 0 aliphatic carbocycles. The van der Waals surface area contributed by atoms with Gasteiger partial charge in [-0.2, -0.15) is 0 Å². The average Bonchev–Trinajstić information content (AvgIpc) is 2.49. The van der Waals surface area contributed by atoms with Gasteiger partial charge in [-0.25, -0.2) is 0 Å². The van der Waals surface area contributed by atoms with Crippen LogP contribution in [0.15, 0.2) is 30.3 Å². The van der Waals surface area contributed by atoms with E-state index in [4.69, 9.17) is 9.47 Å². The van der Waals surface area contributed by atoms with E-state index < -0.39 is 0 Å². The molecule has 0 saturated carbocycles. The van der Waals surface area contributed by atoms with Crippen LogP contribution in [0.1, 0.15) is 45.6 Å². The van der Waals surface area contributed by atoms with E-state index in [1.807, 2.05) is 18.2 Å². The summed E-state index contributed by atoms with van der Waals surface area (Å²) in [5.41, 5.74) is 1.18. The summed E-state index contributed by atoms with van der Waals surface area (Å²) < 4.78 is 10.7. The molecule has 1 aromatic rings. The monoisotopic (exact) mass is 292 g/mol. The summed E-state index contributed by atoms with van der Waals surface area (Å²) in [5, 5.41) is 0. The zero-order chi connectivity index (χ0) is 15.7. The fraction of sp³-hybridized carbons (Fsp3) is 0.611. The first kappa shape index (κ1) is 17.7. The van der Waals surface area contributed by atoms with Crippen molar-refractivity contribution in [1.29, 1.82) is 0 Å². The highest BCUT2D eigenvalue weighted by Gasteiger charge is 2.21. The van der Waals surface area contributed by atoms with Crippen molar-refractivity contribution in [2.24, 2.45) is 11.8 Å². The van der Waals surface area contributed by atoms with Crippen molar-refractivity contribution in [2.45, 2.75) is 52.7 Å². The van der Waals surface area contributed by atoms with Gasteiger partial charge in [0.05, 0.1) is 25.7 Å². The van der Waals surface area contributed by atoms with Gasteiger partial charge in [0.15, 0.2) is 0 Å². The van der Waals surface area contributed by atoms with Crippen LogP contribution in [-0.4, -0.2) is 19.2 Å². The molecule has 0 spiro atoms. The Balaban J connectivity index is 2.35. The predicted octanol–water partition coefficient (Wildman–Crippen LogP) is 4.21. The first-order valence-corrected chi connectivity index (χ1v) is 7.76. The van der Waals surface area contributed by atoms with Gasteiger partial charge in [0.1, 0.15) is 0 Å². The van der Waals surface area contributed by atoms with Crippen LogP contribution in [0.2, 0.25) is 0 Å². The van der Waals surface area contributed by atoms with Gasteiger partial charge in [-0.05, 0) is 37.7 Å². The molecule has 0 unspecified atom stereocenters. The minimum Gasteiger partial charge on any atom is -0.469 e. The third-order valence-corrected chi connectivity index (χ3v) is 3.59. The van der Waals surface area contributed by atoms with E-state index in [0.717, 1.165) is 19.3 Å². The third kappa shape index (κ3) is 7.28. The number of methoxy groups -OCH3 is 1. The van der Waals surface area contributed by atoms with E-state index in [0.29, 0.717) is 12.5 Å². The number of benzene rings is 1. The van der Waals surface area contributed by atoms with Crippen LogP contribution in [0.25, 0.3) is 0 Å². The Bertz CT molecular complexity index is 400. The molecule has 0 aliphatic heterocycles. The molecule has 118 valence electrons. The molecule has 0 aliphatic rings. The number of esters is 1. The molecular formula is C18H28O3. The van der Waals surface area contributed by atoms with E-state index in [2.05, 4.69) is 32.9 Å². The molecule has 3 nitrogen and oxygen atoms in total. The average molecular weight is 292 g/mol. The lowest BCUT2D eigenvalue weighted by Crippen LogP contribution is -2.20. The summed E-state index contributed by atoms with van der Waals surface area (Å²) >= 11 is 0. The summed E-state index contributed by atoms with van der Waals surface area (Å²) in [6.07, 6.45) is 2.71. The highest BCUT2D eigenvalue weighted by Crippen LogP contribution is 2.20. The standard InChI is InChI=1S/C18H28O3/c1-14(2)12-17(18(19)20-4)11-10-15(3)21-13-16-8-6-5-7-9-16/h5-9,14-15,17H,10-13H2,1-4H3/t15-,17-/m1/s1. The molecule has 0 aromatic heterocycles. The van der Waals surface area contributed by atoms with Gasteiger partial charge in [0, 0.05) is 0 Å². The lowest BCUT2D eigenvalue weighted by Gasteiger charge is -2.19. The van der Waals surface area contributed by atoms with Gasteiger partial charge < -0.3 is 9.47 Å². The Morgan fingerprint density at radius 3 is 2.33 bits per heavy atom. The Kier molecular flexibility index (Phi) is 8.06. The molecule has 0 amide bonds. The fourth-order valence-corrected chi connectivity index (χ4v) is 2.40. The van der Waals surface area contributed by atoms with Crippen LogP contribution in [0.5, 0.6) is 0 Å². The van der Waals surface area contributed by atoms with Crippen LogP contribution in [-0.2, 0) is 20.9 Å². The Morgan fingerprint density at radius 1 is 1.10 bits per heavy atom. The third-order valence-electron chi connectivity index (χ3n) is 3.59. The zero-order valence-electron chi connectivity index (χ0n) is 13.7. The summed E-state index contributed by atoms with van der Waals surface area (Å²) in [6.45, 7) is 6.94. The maximum absolute atomic E-state index is 11.8. The number of carbonyl (C=O) groups is 1. The molecule has 0 fully saturated rings. The molecule has 1 rings (SSSR count). The zero-order valence-corrected chi connectivity index (χ0v) is 13.7. The van der Waals surface area contributed by atoms with Gasteiger partial charge in [-0.3, -0.25) is 4.79 Å². The van der Waals surface area contributed by atoms with Crippen LogP contribution in [0.4, 0.5) is 0 Å². The second kappa shape index (κ2) is 9.56. The summed E-state index contributed by atoms with van der Waals surface area (Å²) in [4.78, 5) is 11.8. The predicted molar refractivity (Wildman–Crippen MR) is 84.9 cm³/mol. The summed E-state index contributed by atoms with van der Waals surface area (Å²) in [6, 6.07) is 10.1. The van der Waals surface area contributed by atoms with E-state index in [-0.39, 0.29) is 18.0 Å². The maximum Gasteiger partial charge on any atom is 0.308 e. The quantitative estimate of drug-likeness (QED) is 0.640. The largest absolute Gasteiger partial charge is 0.469 e.